The van der Waals surface area contributed by atoms with Gasteiger partial charge in [0.05, 0.1) is 23.8 Å². The van der Waals surface area contributed by atoms with E-state index in [9.17, 15) is 10.1 Å². The molecule has 0 aliphatic heterocycles. The van der Waals surface area contributed by atoms with Crippen LogP contribution in [0.1, 0.15) is 26.7 Å². The molecule has 0 aliphatic carbocycles. The fourth-order valence-corrected chi connectivity index (χ4v) is 1.82. The second-order valence-corrected chi connectivity index (χ2v) is 4.42. The molecule has 0 saturated heterocycles. The molecule has 0 bridgehead atoms. The zero-order chi connectivity index (χ0) is 13.5. The van der Waals surface area contributed by atoms with Gasteiger partial charge in [-0.05, 0) is 18.4 Å². The van der Waals surface area contributed by atoms with Crippen molar-refractivity contribution in [2.75, 3.05) is 19.0 Å². The summed E-state index contributed by atoms with van der Waals surface area (Å²) < 4.78 is 5.16. The van der Waals surface area contributed by atoms with Crippen LogP contribution in [-0.4, -0.2) is 18.6 Å². The van der Waals surface area contributed by atoms with E-state index in [1.807, 2.05) is 0 Å². The molecule has 5 nitrogen and oxygen atoms in total. The molecule has 1 aromatic rings. The maximum Gasteiger partial charge on any atom is 0.273 e. The van der Waals surface area contributed by atoms with E-state index < -0.39 is 4.92 Å². The molecule has 0 amide bonds. The van der Waals surface area contributed by atoms with E-state index in [2.05, 4.69) is 19.2 Å². The van der Waals surface area contributed by atoms with Crippen molar-refractivity contribution >= 4 is 11.4 Å². The van der Waals surface area contributed by atoms with E-state index in [1.165, 1.54) is 19.2 Å². The summed E-state index contributed by atoms with van der Waals surface area (Å²) in [7, 11) is 1.51. The van der Waals surface area contributed by atoms with Crippen LogP contribution in [0, 0.1) is 16.0 Å². The van der Waals surface area contributed by atoms with Crippen LogP contribution in [0.25, 0.3) is 0 Å². The normalized spacial score (nSPS) is 11.9. The summed E-state index contributed by atoms with van der Waals surface area (Å²) in [5, 5.41) is 13.9. The van der Waals surface area contributed by atoms with Gasteiger partial charge >= 0.3 is 0 Å². The smallest absolute Gasteiger partial charge is 0.273 e. The molecule has 18 heavy (non-hydrogen) atoms. The Morgan fingerprint density at radius 1 is 1.50 bits per heavy atom. The van der Waals surface area contributed by atoms with E-state index in [4.69, 9.17) is 4.74 Å². The molecule has 0 saturated carbocycles. The minimum Gasteiger partial charge on any atom is -0.494 e. The maximum atomic E-state index is 10.7. The summed E-state index contributed by atoms with van der Waals surface area (Å²) in [5.41, 5.74) is 0.838. The van der Waals surface area contributed by atoms with E-state index >= 15 is 0 Å². The number of nitro groups is 1. The second-order valence-electron chi connectivity index (χ2n) is 4.42. The lowest BCUT2D eigenvalue weighted by molar-refractivity contribution is -0.384. The van der Waals surface area contributed by atoms with Crippen molar-refractivity contribution in [2.45, 2.75) is 26.7 Å². The Bertz CT molecular complexity index is 407. The number of nitrogens with zero attached hydrogens (tertiary/aromatic N) is 1. The number of non-ortho nitro benzene ring substituents is 1. The van der Waals surface area contributed by atoms with Gasteiger partial charge in [-0.15, -0.1) is 0 Å². The molecule has 1 aromatic carbocycles. The van der Waals surface area contributed by atoms with Gasteiger partial charge in [-0.3, -0.25) is 10.1 Å². The average Bonchev–Trinajstić information content (AvgIpc) is 2.36. The van der Waals surface area contributed by atoms with Gasteiger partial charge in [-0.2, -0.15) is 0 Å². The van der Waals surface area contributed by atoms with E-state index in [-0.39, 0.29) is 5.69 Å². The standard InChI is InChI=1S/C13H20N2O3/c1-4-5-10(2)9-14-12-7-6-11(15(16)17)8-13(12)18-3/h6-8,10,14H,4-5,9H2,1-3H3. The van der Waals surface area contributed by atoms with Crippen LogP contribution in [0.4, 0.5) is 11.4 Å². The average molecular weight is 252 g/mol. The minimum atomic E-state index is -0.425. The van der Waals surface area contributed by atoms with Gasteiger partial charge in [-0.1, -0.05) is 20.3 Å². The third kappa shape index (κ3) is 3.91. The van der Waals surface area contributed by atoms with Gasteiger partial charge in [0, 0.05) is 12.6 Å². The number of hydrogen-bond acceptors (Lipinski definition) is 4. The van der Waals surface area contributed by atoms with Gasteiger partial charge < -0.3 is 10.1 Å². The van der Waals surface area contributed by atoms with Crippen molar-refractivity contribution in [3.05, 3.63) is 28.3 Å². The molecular formula is C13H20N2O3. The van der Waals surface area contributed by atoms with Crippen LogP contribution < -0.4 is 10.1 Å². The van der Waals surface area contributed by atoms with Gasteiger partial charge in [0.2, 0.25) is 0 Å². The van der Waals surface area contributed by atoms with Crippen molar-refractivity contribution in [1.29, 1.82) is 0 Å². The first-order chi connectivity index (χ1) is 8.58. The highest BCUT2D eigenvalue weighted by atomic mass is 16.6. The molecule has 0 fully saturated rings. The number of ether oxygens (including phenoxy) is 1. The second kappa shape index (κ2) is 6.83. The number of methoxy groups -OCH3 is 1. The van der Waals surface area contributed by atoms with E-state index in [0.29, 0.717) is 11.7 Å². The lowest BCUT2D eigenvalue weighted by Gasteiger charge is -2.14. The molecule has 0 spiro atoms. The molecule has 0 aliphatic rings. The number of nitrogens with one attached hydrogen (secondary N) is 1. The van der Waals surface area contributed by atoms with Gasteiger partial charge in [0.25, 0.3) is 5.69 Å². The van der Waals surface area contributed by atoms with Crippen LogP contribution >= 0.6 is 0 Å². The van der Waals surface area contributed by atoms with Crippen molar-refractivity contribution in [3.8, 4) is 5.75 Å². The Kier molecular flexibility index (Phi) is 5.42. The van der Waals surface area contributed by atoms with Crippen molar-refractivity contribution in [3.63, 3.8) is 0 Å². The molecule has 1 unspecified atom stereocenters. The quantitative estimate of drug-likeness (QED) is 0.596. The predicted octanol–water partition coefficient (Wildman–Crippen LogP) is 3.45. The molecule has 0 radical (unpaired) electrons. The van der Waals surface area contributed by atoms with Gasteiger partial charge in [0.1, 0.15) is 5.75 Å². The first-order valence-electron chi connectivity index (χ1n) is 6.14. The molecule has 5 heteroatoms. The number of anilines is 1. The van der Waals surface area contributed by atoms with Crippen LogP contribution in [0.2, 0.25) is 0 Å². The van der Waals surface area contributed by atoms with Crippen molar-refractivity contribution in [1.82, 2.24) is 0 Å². The molecular weight excluding hydrogens is 232 g/mol. The fraction of sp³-hybridized carbons (Fsp3) is 0.538. The summed E-state index contributed by atoms with van der Waals surface area (Å²) in [6.07, 6.45) is 2.31. The predicted molar refractivity (Wildman–Crippen MR) is 72.2 cm³/mol. The number of rotatable bonds is 7. The third-order valence-electron chi connectivity index (χ3n) is 2.82. The van der Waals surface area contributed by atoms with Crippen LogP contribution in [-0.2, 0) is 0 Å². The van der Waals surface area contributed by atoms with Gasteiger partial charge in [-0.25, -0.2) is 0 Å². The maximum absolute atomic E-state index is 10.7. The number of nitro benzene ring substituents is 1. The van der Waals surface area contributed by atoms with Crippen LogP contribution in [0.3, 0.4) is 0 Å². The highest BCUT2D eigenvalue weighted by Crippen LogP contribution is 2.29. The topological polar surface area (TPSA) is 64.4 Å². The van der Waals surface area contributed by atoms with Crippen molar-refractivity contribution < 1.29 is 9.66 Å². The molecule has 1 atom stereocenters. The summed E-state index contributed by atoms with van der Waals surface area (Å²) in [4.78, 5) is 10.2. The number of benzene rings is 1. The molecule has 0 aromatic heterocycles. The lowest BCUT2D eigenvalue weighted by atomic mass is 10.1. The lowest BCUT2D eigenvalue weighted by Crippen LogP contribution is -2.11. The summed E-state index contributed by atoms with van der Waals surface area (Å²) >= 11 is 0. The van der Waals surface area contributed by atoms with E-state index in [0.717, 1.165) is 25.1 Å². The largest absolute Gasteiger partial charge is 0.494 e. The highest BCUT2D eigenvalue weighted by Gasteiger charge is 2.11. The Balaban J connectivity index is 2.73. The first kappa shape index (κ1) is 14.3. The zero-order valence-electron chi connectivity index (χ0n) is 11.1. The molecule has 100 valence electrons. The third-order valence-corrected chi connectivity index (χ3v) is 2.82. The Morgan fingerprint density at radius 3 is 2.78 bits per heavy atom. The first-order valence-corrected chi connectivity index (χ1v) is 6.14. The van der Waals surface area contributed by atoms with Gasteiger partial charge in [0.15, 0.2) is 0 Å². The Labute approximate surface area is 107 Å². The highest BCUT2D eigenvalue weighted by molar-refractivity contribution is 5.60. The SMILES string of the molecule is CCCC(C)CNc1ccc([N+](=O)[O-])cc1OC. The zero-order valence-corrected chi connectivity index (χ0v) is 11.1. The van der Waals surface area contributed by atoms with Crippen LogP contribution in [0.15, 0.2) is 18.2 Å². The fourth-order valence-electron chi connectivity index (χ4n) is 1.82. The Morgan fingerprint density at radius 2 is 2.22 bits per heavy atom. The Hall–Kier alpha value is -1.78. The molecule has 1 rings (SSSR count). The molecule has 1 N–H and O–H groups in total. The van der Waals surface area contributed by atoms with Crippen LogP contribution in [0.5, 0.6) is 5.75 Å². The number of hydrogen-bond donors (Lipinski definition) is 1. The minimum absolute atomic E-state index is 0.0407. The summed E-state index contributed by atoms with van der Waals surface area (Å²) in [6.45, 7) is 5.17. The van der Waals surface area contributed by atoms with Crippen molar-refractivity contribution in [2.24, 2.45) is 5.92 Å². The van der Waals surface area contributed by atoms with E-state index in [1.54, 1.807) is 6.07 Å². The summed E-state index contributed by atoms with van der Waals surface area (Å²) in [5.74, 6) is 1.07. The summed E-state index contributed by atoms with van der Waals surface area (Å²) in [6, 6.07) is 4.61. The molecule has 0 heterocycles. The monoisotopic (exact) mass is 252 g/mol.